The van der Waals surface area contributed by atoms with E-state index in [2.05, 4.69) is 26.7 Å². The van der Waals surface area contributed by atoms with Crippen LogP contribution in [0.25, 0.3) is 0 Å². The molecule has 0 saturated heterocycles. The number of benzene rings is 1. The lowest BCUT2D eigenvalue weighted by Crippen LogP contribution is -2.12. The quantitative estimate of drug-likeness (QED) is 0.598. The molecule has 1 unspecified atom stereocenters. The first-order chi connectivity index (χ1) is 6.74. The zero-order chi connectivity index (χ0) is 10.4. The molecule has 0 aliphatic carbocycles. The van der Waals surface area contributed by atoms with Gasteiger partial charge in [0.1, 0.15) is 0 Å². The maximum Gasteiger partial charge on any atom is 0.339 e. The van der Waals surface area contributed by atoms with Gasteiger partial charge in [0.15, 0.2) is 6.10 Å². The fourth-order valence-corrected chi connectivity index (χ4v) is 1.23. The summed E-state index contributed by atoms with van der Waals surface area (Å²) in [6, 6.07) is 8.83. The highest BCUT2D eigenvalue weighted by molar-refractivity contribution is 9.12. The van der Waals surface area contributed by atoms with E-state index in [-0.39, 0.29) is 5.97 Å². The Labute approximate surface area is 91.4 Å². The summed E-state index contributed by atoms with van der Waals surface area (Å²) in [7, 11) is 0. The summed E-state index contributed by atoms with van der Waals surface area (Å²) in [5.41, 5.74) is 0.538. The Hall–Kier alpha value is -1.27. The van der Waals surface area contributed by atoms with E-state index in [0.717, 1.165) is 0 Å². The number of carbonyl (C=O) groups is 1. The first-order valence-electron chi connectivity index (χ1n) is 4.11. The van der Waals surface area contributed by atoms with E-state index in [1.165, 1.54) is 0 Å². The maximum atomic E-state index is 11.4. The lowest BCUT2D eigenvalue weighted by molar-refractivity contribution is 0.0439. The highest BCUT2D eigenvalue weighted by Crippen LogP contribution is 2.03. The van der Waals surface area contributed by atoms with Crippen molar-refractivity contribution in [2.75, 3.05) is 0 Å². The molecular formula is C11H9BrO2. The predicted octanol–water partition coefficient (Wildman–Crippen LogP) is 2.59. The Morgan fingerprint density at radius 2 is 2.07 bits per heavy atom. The second kappa shape index (κ2) is 5.46. The van der Waals surface area contributed by atoms with E-state index in [1.807, 2.05) is 6.07 Å². The van der Waals surface area contributed by atoms with Crippen LogP contribution in [0.2, 0.25) is 0 Å². The van der Waals surface area contributed by atoms with E-state index in [0.29, 0.717) is 5.56 Å². The van der Waals surface area contributed by atoms with Gasteiger partial charge in [0.25, 0.3) is 0 Å². The average Bonchev–Trinajstić information content (AvgIpc) is 2.19. The first-order valence-corrected chi connectivity index (χ1v) is 4.90. The summed E-state index contributed by atoms with van der Waals surface area (Å²) >= 11 is 2.94. The van der Waals surface area contributed by atoms with Gasteiger partial charge in [-0.15, -0.1) is 0 Å². The third-order valence-electron chi connectivity index (χ3n) is 1.55. The second-order valence-electron chi connectivity index (χ2n) is 2.65. The molecule has 0 spiro atoms. The molecule has 0 aliphatic rings. The molecule has 3 heteroatoms. The summed E-state index contributed by atoms with van der Waals surface area (Å²) in [5, 5.41) is 0. The minimum Gasteiger partial charge on any atom is -0.446 e. The lowest BCUT2D eigenvalue weighted by Gasteiger charge is -2.06. The molecule has 0 aliphatic heterocycles. The van der Waals surface area contributed by atoms with Crippen LogP contribution in [0.4, 0.5) is 0 Å². The molecule has 2 nitrogen and oxygen atoms in total. The van der Waals surface area contributed by atoms with Gasteiger partial charge in [-0.25, -0.2) is 4.79 Å². The van der Waals surface area contributed by atoms with Gasteiger partial charge in [0.2, 0.25) is 0 Å². The molecule has 0 bridgehead atoms. The van der Waals surface area contributed by atoms with Crippen LogP contribution < -0.4 is 0 Å². The number of hydrogen-bond donors (Lipinski definition) is 0. The molecule has 0 saturated carbocycles. The Kier molecular flexibility index (Phi) is 4.21. The van der Waals surface area contributed by atoms with Crippen molar-refractivity contribution in [2.24, 2.45) is 0 Å². The van der Waals surface area contributed by atoms with Crippen LogP contribution in [0.5, 0.6) is 0 Å². The molecule has 0 aromatic heterocycles. The molecule has 0 radical (unpaired) electrons. The van der Waals surface area contributed by atoms with Gasteiger partial charge < -0.3 is 4.74 Å². The molecule has 0 amide bonds. The van der Waals surface area contributed by atoms with E-state index in [1.54, 1.807) is 31.2 Å². The Morgan fingerprint density at radius 1 is 1.43 bits per heavy atom. The van der Waals surface area contributed by atoms with Crippen LogP contribution in [-0.2, 0) is 4.74 Å². The summed E-state index contributed by atoms with van der Waals surface area (Å²) in [5.74, 6) is 2.32. The van der Waals surface area contributed by atoms with Crippen LogP contribution >= 0.6 is 15.9 Å². The van der Waals surface area contributed by atoms with Gasteiger partial charge in [-0.05, 0) is 29.8 Å². The zero-order valence-electron chi connectivity index (χ0n) is 7.66. The van der Waals surface area contributed by atoms with Crippen LogP contribution in [-0.4, -0.2) is 12.1 Å². The highest BCUT2D eigenvalue weighted by atomic mass is 79.9. The van der Waals surface area contributed by atoms with E-state index in [9.17, 15) is 4.79 Å². The molecular weight excluding hydrogens is 244 g/mol. The van der Waals surface area contributed by atoms with Gasteiger partial charge in [-0.3, -0.25) is 0 Å². The Morgan fingerprint density at radius 3 is 2.64 bits per heavy atom. The van der Waals surface area contributed by atoms with E-state index >= 15 is 0 Å². The summed E-state index contributed by atoms with van der Waals surface area (Å²) in [4.78, 5) is 13.9. The fraction of sp³-hybridized carbons (Fsp3) is 0.182. The largest absolute Gasteiger partial charge is 0.446 e. The topological polar surface area (TPSA) is 26.3 Å². The van der Waals surface area contributed by atoms with Crippen molar-refractivity contribution in [1.29, 1.82) is 0 Å². The number of halogens is 1. The van der Waals surface area contributed by atoms with Crippen molar-refractivity contribution in [3.05, 3.63) is 35.9 Å². The molecule has 0 N–H and O–H groups in total. The smallest absolute Gasteiger partial charge is 0.339 e. The minimum absolute atomic E-state index is 0.353. The predicted molar refractivity (Wildman–Crippen MR) is 58.0 cm³/mol. The van der Waals surface area contributed by atoms with Gasteiger partial charge in [-0.2, -0.15) is 0 Å². The number of esters is 1. The SMILES string of the molecule is CC(C#CBr)OC(=O)c1ccccc1. The normalized spacial score (nSPS) is 11.0. The third-order valence-corrected chi connectivity index (χ3v) is 1.78. The van der Waals surface area contributed by atoms with Crippen LogP contribution in [0.1, 0.15) is 17.3 Å². The van der Waals surface area contributed by atoms with Gasteiger partial charge in [0.05, 0.1) is 5.56 Å². The van der Waals surface area contributed by atoms with Crippen LogP contribution in [0, 0.1) is 10.8 Å². The van der Waals surface area contributed by atoms with Crippen molar-refractivity contribution in [3.8, 4) is 10.8 Å². The molecule has 0 fully saturated rings. The second-order valence-corrected chi connectivity index (χ2v) is 3.05. The number of rotatable bonds is 2. The molecule has 14 heavy (non-hydrogen) atoms. The van der Waals surface area contributed by atoms with Gasteiger partial charge in [0, 0.05) is 15.9 Å². The van der Waals surface area contributed by atoms with E-state index < -0.39 is 6.10 Å². The van der Waals surface area contributed by atoms with E-state index in [4.69, 9.17) is 4.74 Å². The summed E-state index contributed by atoms with van der Waals surface area (Å²) < 4.78 is 5.03. The van der Waals surface area contributed by atoms with Gasteiger partial charge in [-0.1, -0.05) is 18.2 Å². The van der Waals surface area contributed by atoms with Crippen molar-refractivity contribution in [1.82, 2.24) is 0 Å². The van der Waals surface area contributed by atoms with Crippen molar-refractivity contribution in [2.45, 2.75) is 13.0 Å². The third kappa shape index (κ3) is 3.23. The monoisotopic (exact) mass is 252 g/mol. The number of hydrogen-bond acceptors (Lipinski definition) is 2. The Bertz CT molecular complexity index is 362. The summed E-state index contributed by atoms with van der Waals surface area (Å²) in [6.45, 7) is 1.72. The number of ether oxygens (including phenoxy) is 1. The van der Waals surface area contributed by atoms with Crippen LogP contribution in [0.3, 0.4) is 0 Å². The van der Waals surface area contributed by atoms with Gasteiger partial charge >= 0.3 is 5.97 Å². The highest BCUT2D eigenvalue weighted by Gasteiger charge is 2.08. The maximum absolute atomic E-state index is 11.4. The molecule has 1 aromatic rings. The molecule has 1 atom stereocenters. The molecule has 1 aromatic carbocycles. The molecule has 0 heterocycles. The minimum atomic E-state index is -0.401. The van der Waals surface area contributed by atoms with Crippen LogP contribution in [0.15, 0.2) is 30.3 Å². The average molecular weight is 253 g/mol. The fourth-order valence-electron chi connectivity index (χ4n) is 0.909. The standard InChI is InChI=1S/C11H9BrO2/c1-9(7-8-12)14-11(13)10-5-3-2-4-6-10/h2-6,9H,1H3. The first kappa shape index (κ1) is 10.8. The summed E-state index contributed by atoms with van der Waals surface area (Å²) in [6.07, 6.45) is -0.401. The van der Waals surface area contributed by atoms with Crippen molar-refractivity contribution < 1.29 is 9.53 Å². The number of carbonyl (C=O) groups excluding carboxylic acids is 1. The zero-order valence-corrected chi connectivity index (χ0v) is 9.24. The van der Waals surface area contributed by atoms with Crippen molar-refractivity contribution in [3.63, 3.8) is 0 Å². The van der Waals surface area contributed by atoms with Crippen molar-refractivity contribution >= 4 is 21.9 Å². The molecule has 72 valence electrons. The molecule has 1 rings (SSSR count). The lowest BCUT2D eigenvalue weighted by atomic mass is 10.2. The Balaban J connectivity index is 2.62.